The molecule has 0 aliphatic carbocycles. The number of amides is 1. The molecule has 0 radical (unpaired) electrons. The molecule has 0 saturated heterocycles. The molecule has 0 saturated carbocycles. The molecule has 1 heterocycles. The Hall–Kier alpha value is -2.43. The molecule has 2 aromatic rings. The normalized spacial score (nSPS) is 12.5. The highest BCUT2D eigenvalue weighted by molar-refractivity contribution is 5.92. The van der Waals surface area contributed by atoms with E-state index in [4.69, 9.17) is 0 Å². The fourth-order valence-electron chi connectivity index (χ4n) is 2.12. The van der Waals surface area contributed by atoms with E-state index in [2.05, 4.69) is 53.7 Å². The van der Waals surface area contributed by atoms with Gasteiger partial charge in [0.05, 0.1) is 0 Å². The number of aromatic nitrogens is 2. The average Bonchev–Trinajstić information content (AvgIpc) is 2.55. The quantitative estimate of drug-likeness (QED) is 0.870. The number of nitrogens with one attached hydrogen (secondary N) is 2. The number of hydrogen-bond donors (Lipinski definition) is 2. The summed E-state index contributed by atoms with van der Waals surface area (Å²) in [7, 11) is 0. The Bertz CT molecular complexity index is 672. The SMILES string of the molecule is CCC(C)NC(=O)c1ccc(Nc2ccc(C(C)(C)C)cc2)nn1. The van der Waals surface area contributed by atoms with E-state index in [9.17, 15) is 4.79 Å². The van der Waals surface area contributed by atoms with Gasteiger partial charge in [0.2, 0.25) is 0 Å². The van der Waals surface area contributed by atoms with E-state index in [1.54, 1.807) is 12.1 Å². The Morgan fingerprint density at radius 2 is 1.75 bits per heavy atom. The van der Waals surface area contributed by atoms with Crippen LogP contribution >= 0.6 is 0 Å². The smallest absolute Gasteiger partial charge is 0.272 e. The van der Waals surface area contributed by atoms with Crippen LogP contribution in [0.2, 0.25) is 0 Å². The van der Waals surface area contributed by atoms with E-state index in [1.165, 1.54) is 5.56 Å². The first kappa shape index (κ1) is 17.9. The summed E-state index contributed by atoms with van der Waals surface area (Å²) in [6.07, 6.45) is 0.878. The highest BCUT2D eigenvalue weighted by atomic mass is 16.2. The monoisotopic (exact) mass is 326 g/mol. The van der Waals surface area contributed by atoms with Crippen molar-refractivity contribution in [2.24, 2.45) is 0 Å². The zero-order valence-corrected chi connectivity index (χ0v) is 15.1. The first-order valence-electron chi connectivity index (χ1n) is 8.31. The molecule has 24 heavy (non-hydrogen) atoms. The summed E-state index contributed by atoms with van der Waals surface area (Å²) in [5, 5.41) is 14.1. The molecule has 1 amide bonds. The van der Waals surface area contributed by atoms with Gasteiger partial charge in [-0.05, 0) is 48.6 Å². The lowest BCUT2D eigenvalue weighted by molar-refractivity contribution is 0.0933. The second-order valence-corrected chi connectivity index (χ2v) is 7.04. The molecule has 2 rings (SSSR count). The highest BCUT2D eigenvalue weighted by Gasteiger charge is 2.13. The van der Waals surface area contributed by atoms with Gasteiger partial charge in [-0.15, -0.1) is 10.2 Å². The number of carbonyl (C=O) groups excluding carboxylic acids is 1. The molecular formula is C19H26N4O. The van der Waals surface area contributed by atoms with E-state index in [0.29, 0.717) is 11.5 Å². The van der Waals surface area contributed by atoms with Crippen molar-refractivity contribution in [1.29, 1.82) is 0 Å². The van der Waals surface area contributed by atoms with Crippen LogP contribution in [0.4, 0.5) is 11.5 Å². The van der Waals surface area contributed by atoms with Gasteiger partial charge in [-0.2, -0.15) is 0 Å². The molecule has 5 nitrogen and oxygen atoms in total. The van der Waals surface area contributed by atoms with Crippen LogP contribution < -0.4 is 10.6 Å². The van der Waals surface area contributed by atoms with E-state index in [0.717, 1.165) is 12.1 Å². The van der Waals surface area contributed by atoms with E-state index in [1.807, 2.05) is 26.0 Å². The van der Waals surface area contributed by atoms with Crippen molar-refractivity contribution in [3.05, 3.63) is 47.7 Å². The number of anilines is 2. The molecule has 1 aromatic heterocycles. The minimum Gasteiger partial charge on any atom is -0.348 e. The predicted octanol–water partition coefficient (Wildman–Crippen LogP) is 4.05. The summed E-state index contributed by atoms with van der Waals surface area (Å²) in [5.41, 5.74) is 2.66. The van der Waals surface area contributed by atoms with Crippen molar-refractivity contribution >= 4 is 17.4 Å². The van der Waals surface area contributed by atoms with Gasteiger partial charge in [0.1, 0.15) is 0 Å². The maximum Gasteiger partial charge on any atom is 0.272 e. The number of rotatable bonds is 5. The van der Waals surface area contributed by atoms with Gasteiger partial charge < -0.3 is 10.6 Å². The van der Waals surface area contributed by atoms with Crippen molar-refractivity contribution < 1.29 is 4.79 Å². The Morgan fingerprint density at radius 1 is 1.08 bits per heavy atom. The Balaban J connectivity index is 2.02. The lowest BCUT2D eigenvalue weighted by Crippen LogP contribution is -2.32. The minimum atomic E-state index is -0.196. The third kappa shape index (κ3) is 4.78. The van der Waals surface area contributed by atoms with Gasteiger partial charge in [0.25, 0.3) is 5.91 Å². The van der Waals surface area contributed by atoms with Crippen LogP contribution in [-0.2, 0) is 5.41 Å². The highest BCUT2D eigenvalue weighted by Crippen LogP contribution is 2.24. The standard InChI is InChI=1S/C19H26N4O/c1-6-13(2)20-18(24)16-11-12-17(23-22-16)21-15-9-7-14(8-10-15)19(3,4)5/h7-13H,6H2,1-5H3,(H,20,24)(H,21,23). The van der Waals surface area contributed by atoms with Crippen molar-refractivity contribution in [1.82, 2.24) is 15.5 Å². The van der Waals surface area contributed by atoms with Crippen LogP contribution in [0.5, 0.6) is 0 Å². The molecular weight excluding hydrogens is 300 g/mol. The van der Waals surface area contributed by atoms with Crippen LogP contribution in [0.15, 0.2) is 36.4 Å². The molecule has 1 aromatic carbocycles. The van der Waals surface area contributed by atoms with Gasteiger partial charge in [-0.3, -0.25) is 4.79 Å². The maximum absolute atomic E-state index is 12.0. The van der Waals surface area contributed by atoms with Crippen LogP contribution in [0.25, 0.3) is 0 Å². The Kier molecular flexibility index (Phi) is 5.54. The number of nitrogens with zero attached hydrogens (tertiary/aromatic N) is 2. The lowest BCUT2D eigenvalue weighted by atomic mass is 9.87. The average molecular weight is 326 g/mol. The summed E-state index contributed by atoms with van der Waals surface area (Å²) in [6.45, 7) is 10.5. The zero-order chi connectivity index (χ0) is 17.7. The second-order valence-electron chi connectivity index (χ2n) is 7.04. The Labute approximate surface area is 143 Å². The van der Waals surface area contributed by atoms with Gasteiger partial charge >= 0.3 is 0 Å². The topological polar surface area (TPSA) is 66.9 Å². The largest absolute Gasteiger partial charge is 0.348 e. The molecule has 1 unspecified atom stereocenters. The van der Waals surface area contributed by atoms with E-state index in [-0.39, 0.29) is 17.4 Å². The second kappa shape index (κ2) is 7.43. The van der Waals surface area contributed by atoms with Crippen molar-refractivity contribution in [3.8, 4) is 0 Å². The van der Waals surface area contributed by atoms with Crippen molar-refractivity contribution in [2.45, 2.75) is 52.5 Å². The first-order valence-corrected chi connectivity index (χ1v) is 8.31. The summed E-state index contributed by atoms with van der Waals surface area (Å²) in [4.78, 5) is 12.0. The molecule has 5 heteroatoms. The fraction of sp³-hybridized carbons (Fsp3) is 0.421. The number of benzene rings is 1. The Morgan fingerprint density at radius 3 is 2.25 bits per heavy atom. The predicted molar refractivity (Wildman–Crippen MR) is 97.7 cm³/mol. The van der Waals surface area contributed by atoms with E-state index < -0.39 is 0 Å². The number of carbonyl (C=O) groups is 1. The van der Waals surface area contributed by atoms with Crippen LogP contribution in [0.1, 0.15) is 57.1 Å². The van der Waals surface area contributed by atoms with Gasteiger partial charge in [0.15, 0.2) is 11.5 Å². The molecule has 1 atom stereocenters. The van der Waals surface area contributed by atoms with Crippen molar-refractivity contribution in [2.75, 3.05) is 5.32 Å². The molecule has 0 fully saturated rings. The molecule has 128 valence electrons. The van der Waals surface area contributed by atoms with Gasteiger partial charge in [0, 0.05) is 11.7 Å². The third-order valence-corrected chi connectivity index (χ3v) is 3.91. The summed E-state index contributed by atoms with van der Waals surface area (Å²) < 4.78 is 0. The molecule has 2 N–H and O–H groups in total. The van der Waals surface area contributed by atoms with E-state index >= 15 is 0 Å². The summed E-state index contributed by atoms with van der Waals surface area (Å²) in [6, 6.07) is 11.8. The van der Waals surface area contributed by atoms with Crippen LogP contribution in [-0.4, -0.2) is 22.1 Å². The zero-order valence-electron chi connectivity index (χ0n) is 15.1. The van der Waals surface area contributed by atoms with Crippen LogP contribution in [0, 0.1) is 0 Å². The first-order chi connectivity index (χ1) is 11.3. The molecule has 0 spiro atoms. The third-order valence-electron chi connectivity index (χ3n) is 3.91. The van der Waals surface area contributed by atoms with Gasteiger partial charge in [-0.25, -0.2) is 0 Å². The van der Waals surface area contributed by atoms with Gasteiger partial charge in [-0.1, -0.05) is 39.8 Å². The van der Waals surface area contributed by atoms with Crippen LogP contribution in [0.3, 0.4) is 0 Å². The molecule has 0 bridgehead atoms. The van der Waals surface area contributed by atoms with Crippen molar-refractivity contribution in [3.63, 3.8) is 0 Å². The molecule has 0 aliphatic rings. The lowest BCUT2D eigenvalue weighted by Gasteiger charge is -2.19. The summed E-state index contributed by atoms with van der Waals surface area (Å²) in [5.74, 6) is 0.413. The summed E-state index contributed by atoms with van der Waals surface area (Å²) >= 11 is 0. The molecule has 0 aliphatic heterocycles. The number of hydrogen-bond acceptors (Lipinski definition) is 4. The minimum absolute atomic E-state index is 0.124. The fourth-order valence-corrected chi connectivity index (χ4v) is 2.12. The maximum atomic E-state index is 12.0.